The highest BCUT2D eigenvalue weighted by molar-refractivity contribution is 7.18. The van der Waals surface area contributed by atoms with Gasteiger partial charge in [0.1, 0.15) is 17.0 Å². The second-order valence-corrected chi connectivity index (χ2v) is 7.67. The zero-order chi connectivity index (χ0) is 16.5. The number of anilines is 1. The van der Waals surface area contributed by atoms with Crippen LogP contribution >= 0.6 is 11.3 Å². The number of aryl methyl sites for hydroxylation is 1. The van der Waals surface area contributed by atoms with E-state index < -0.39 is 0 Å². The Labute approximate surface area is 145 Å². The molecule has 0 unspecified atom stereocenters. The van der Waals surface area contributed by atoms with Gasteiger partial charge in [-0.25, -0.2) is 9.97 Å². The van der Waals surface area contributed by atoms with E-state index in [-0.39, 0.29) is 0 Å². The molecular weight excluding hydrogens is 318 g/mol. The summed E-state index contributed by atoms with van der Waals surface area (Å²) in [7, 11) is 2.20. The lowest BCUT2D eigenvalue weighted by Crippen LogP contribution is -2.25. The van der Waals surface area contributed by atoms with E-state index in [1.54, 1.807) is 17.7 Å². The number of thiophene rings is 1. The quantitative estimate of drug-likeness (QED) is 0.788. The zero-order valence-electron chi connectivity index (χ0n) is 13.9. The van der Waals surface area contributed by atoms with E-state index in [0.29, 0.717) is 12.0 Å². The number of hydrogen-bond acceptors (Lipinski definition) is 6. The number of aromatic nitrogens is 3. The van der Waals surface area contributed by atoms with Crippen molar-refractivity contribution in [3.05, 3.63) is 47.4 Å². The maximum atomic E-state index is 4.46. The number of likely N-dealkylation sites (tertiary alicyclic amines) is 1. The third-order valence-corrected chi connectivity index (χ3v) is 5.74. The molecule has 24 heavy (non-hydrogen) atoms. The summed E-state index contributed by atoms with van der Waals surface area (Å²) in [6, 6.07) is 6.78. The molecular formula is C18H21N5S. The molecule has 0 aromatic carbocycles. The Kier molecular flexibility index (Phi) is 4.16. The van der Waals surface area contributed by atoms with Gasteiger partial charge in [0.25, 0.3) is 0 Å². The van der Waals surface area contributed by atoms with Crippen molar-refractivity contribution in [2.45, 2.75) is 19.4 Å². The summed E-state index contributed by atoms with van der Waals surface area (Å²) in [5, 5.41) is 4.70. The lowest BCUT2D eigenvalue weighted by Gasteiger charge is -2.25. The highest BCUT2D eigenvalue weighted by Crippen LogP contribution is 2.36. The number of pyridine rings is 1. The fourth-order valence-corrected chi connectivity index (χ4v) is 4.51. The second-order valence-electron chi connectivity index (χ2n) is 6.44. The van der Waals surface area contributed by atoms with Crippen LogP contribution in [0.15, 0.2) is 36.9 Å². The first-order valence-corrected chi connectivity index (χ1v) is 9.09. The largest absolute Gasteiger partial charge is 0.369 e. The second kappa shape index (κ2) is 6.45. The van der Waals surface area contributed by atoms with Gasteiger partial charge in [-0.2, -0.15) is 0 Å². The van der Waals surface area contributed by atoms with Crippen molar-refractivity contribution in [2.24, 2.45) is 5.92 Å². The summed E-state index contributed by atoms with van der Waals surface area (Å²) in [5.74, 6) is 1.49. The molecule has 1 aliphatic rings. The van der Waals surface area contributed by atoms with Crippen molar-refractivity contribution in [3.8, 4) is 0 Å². The molecule has 2 atom stereocenters. The van der Waals surface area contributed by atoms with Gasteiger partial charge in [0.2, 0.25) is 0 Å². The summed E-state index contributed by atoms with van der Waals surface area (Å²) in [6.07, 6.45) is 6.66. The molecule has 1 saturated heterocycles. The van der Waals surface area contributed by atoms with E-state index in [9.17, 15) is 0 Å². The van der Waals surface area contributed by atoms with Crippen LogP contribution in [0.2, 0.25) is 0 Å². The van der Waals surface area contributed by atoms with E-state index in [1.807, 2.05) is 18.5 Å². The van der Waals surface area contributed by atoms with Crippen molar-refractivity contribution in [1.29, 1.82) is 0 Å². The Hall–Kier alpha value is -2.05. The molecule has 124 valence electrons. The number of rotatable bonds is 4. The zero-order valence-corrected chi connectivity index (χ0v) is 14.8. The molecule has 4 heterocycles. The fraction of sp³-hybridized carbons (Fsp3) is 0.389. The van der Waals surface area contributed by atoms with Crippen molar-refractivity contribution < 1.29 is 0 Å². The van der Waals surface area contributed by atoms with Crippen LogP contribution in [0.3, 0.4) is 0 Å². The third kappa shape index (κ3) is 2.87. The molecule has 4 rings (SSSR count). The minimum absolute atomic E-state index is 0.410. The van der Waals surface area contributed by atoms with E-state index in [1.165, 1.54) is 16.9 Å². The summed E-state index contributed by atoms with van der Waals surface area (Å²) in [5.41, 5.74) is 1.29. The smallest absolute Gasteiger partial charge is 0.138 e. The Bertz CT molecular complexity index is 832. The third-order valence-electron chi connectivity index (χ3n) is 4.78. The SMILES string of the molecule is Cc1cc2c(NC[C@@H]3CCN(C)[C@H]3c3cccnc3)ncnc2s1. The highest BCUT2D eigenvalue weighted by Gasteiger charge is 2.33. The van der Waals surface area contributed by atoms with Crippen LogP contribution in [0.4, 0.5) is 5.82 Å². The molecule has 1 fully saturated rings. The number of nitrogens with zero attached hydrogens (tertiary/aromatic N) is 4. The molecule has 3 aromatic heterocycles. The van der Waals surface area contributed by atoms with Crippen molar-refractivity contribution >= 4 is 27.4 Å². The summed E-state index contributed by atoms with van der Waals surface area (Å²) < 4.78 is 0. The molecule has 0 aliphatic carbocycles. The summed E-state index contributed by atoms with van der Waals surface area (Å²) in [4.78, 5) is 17.9. The van der Waals surface area contributed by atoms with Crippen LogP contribution in [0, 0.1) is 12.8 Å². The van der Waals surface area contributed by atoms with E-state index in [0.717, 1.165) is 29.1 Å². The molecule has 0 bridgehead atoms. The maximum Gasteiger partial charge on any atom is 0.138 e. The Morgan fingerprint density at radius 3 is 3.12 bits per heavy atom. The molecule has 0 amide bonds. The van der Waals surface area contributed by atoms with Crippen molar-refractivity contribution in [1.82, 2.24) is 19.9 Å². The average molecular weight is 339 g/mol. The maximum absolute atomic E-state index is 4.46. The monoisotopic (exact) mass is 339 g/mol. The minimum atomic E-state index is 0.410. The lowest BCUT2D eigenvalue weighted by molar-refractivity contribution is 0.281. The van der Waals surface area contributed by atoms with Gasteiger partial charge >= 0.3 is 0 Å². The standard InChI is InChI=1S/C18H21N5S/c1-12-8-15-17(21-11-22-18(15)24-12)20-10-14-5-7-23(2)16(14)13-4-3-6-19-9-13/h3-4,6,8-9,11,14,16H,5,7,10H2,1-2H3,(H,20,21,22)/t14-,16-/m0/s1. The molecule has 1 aliphatic heterocycles. The van der Waals surface area contributed by atoms with Crippen LogP contribution < -0.4 is 5.32 Å². The molecule has 0 saturated carbocycles. The van der Waals surface area contributed by atoms with Crippen LogP contribution in [-0.4, -0.2) is 40.0 Å². The van der Waals surface area contributed by atoms with Gasteiger partial charge in [0.05, 0.1) is 5.39 Å². The number of nitrogens with one attached hydrogen (secondary N) is 1. The van der Waals surface area contributed by atoms with Crippen LogP contribution in [0.5, 0.6) is 0 Å². The van der Waals surface area contributed by atoms with Crippen molar-refractivity contribution in [3.63, 3.8) is 0 Å². The lowest BCUT2D eigenvalue weighted by atomic mass is 9.95. The topological polar surface area (TPSA) is 53.9 Å². The van der Waals surface area contributed by atoms with Crippen LogP contribution in [0.25, 0.3) is 10.2 Å². The van der Waals surface area contributed by atoms with Crippen molar-refractivity contribution in [2.75, 3.05) is 25.5 Å². The number of fused-ring (bicyclic) bond motifs is 1. The highest BCUT2D eigenvalue weighted by atomic mass is 32.1. The van der Waals surface area contributed by atoms with E-state index >= 15 is 0 Å². The predicted molar refractivity (Wildman–Crippen MR) is 98.4 cm³/mol. The molecule has 1 N–H and O–H groups in total. The molecule has 5 nitrogen and oxygen atoms in total. The fourth-order valence-electron chi connectivity index (χ4n) is 3.66. The molecule has 3 aromatic rings. The van der Waals surface area contributed by atoms with Gasteiger partial charge in [-0.15, -0.1) is 11.3 Å². The normalized spacial score (nSPS) is 21.4. The van der Waals surface area contributed by atoms with Gasteiger partial charge in [-0.05, 0) is 50.6 Å². The van der Waals surface area contributed by atoms with Crippen LogP contribution in [-0.2, 0) is 0 Å². The van der Waals surface area contributed by atoms with E-state index in [4.69, 9.17) is 0 Å². The van der Waals surface area contributed by atoms with Gasteiger partial charge in [0.15, 0.2) is 0 Å². The summed E-state index contributed by atoms with van der Waals surface area (Å²) >= 11 is 1.71. The summed E-state index contributed by atoms with van der Waals surface area (Å²) in [6.45, 7) is 4.13. The minimum Gasteiger partial charge on any atom is -0.369 e. The Morgan fingerprint density at radius 2 is 2.29 bits per heavy atom. The first-order chi connectivity index (χ1) is 11.7. The first kappa shape index (κ1) is 15.5. The van der Waals surface area contributed by atoms with Gasteiger partial charge < -0.3 is 5.32 Å². The first-order valence-electron chi connectivity index (χ1n) is 8.27. The molecule has 0 spiro atoms. The molecule has 6 heteroatoms. The van der Waals surface area contributed by atoms with Gasteiger partial charge in [-0.3, -0.25) is 9.88 Å². The molecule has 0 radical (unpaired) electrons. The predicted octanol–water partition coefficient (Wildman–Crippen LogP) is 3.50. The van der Waals surface area contributed by atoms with E-state index in [2.05, 4.69) is 51.3 Å². The average Bonchev–Trinajstić information content (AvgIpc) is 3.15. The number of hydrogen-bond donors (Lipinski definition) is 1. The van der Waals surface area contributed by atoms with Gasteiger partial charge in [0, 0.05) is 29.9 Å². The van der Waals surface area contributed by atoms with Crippen LogP contribution in [0.1, 0.15) is 22.9 Å². The Morgan fingerprint density at radius 1 is 1.38 bits per heavy atom. The Balaban J connectivity index is 1.54. The van der Waals surface area contributed by atoms with Gasteiger partial charge in [-0.1, -0.05) is 6.07 Å².